The Morgan fingerprint density at radius 1 is 1.21 bits per heavy atom. The molecule has 1 aliphatic heterocycles. The Bertz CT molecular complexity index is 963. The van der Waals surface area contributed by atoms with Crippen molar-refractivity contribution < 1.29 is 5.11 Å². The van der Waals surface area contributed by atoms with Crippen molar-refractivity contribution >= 4 is 16.3 Å². The summed E-state index contributed by atoms with van der Waals surface area (Å²) in [5, 5.41) is 14.7. The highest BCUT2D eigenvalue weighted by atomic mass is 32.1. The van der Waals surface area contributed by atoms with E-state index in [1.807, 2.05) is 19.1 Å². The zero-order valence-corrected chi connectivity index (χ0v) is 14.2. The second kappa shape index (κ2) is 5.99. The van der Waals surface area contributed by atoms with Crippen LogP contribution in [0.3, 0.4) is 0 Å². The van der Waals surface area contributed by atoms with Crippen molar-refractivity contribution in [2.45, 2.75) is 26.3 Å². The number of rotatable bonds is 2. The lowest BCUT2D eigenvalue weighted by Gasteiger charge is -2.18. The number of aromatic nitrogens is 3. The molecule has 0 atom stereocenters. The molecule has 0 bridgehead atoms. The largest absolute Gasteiger partial charge is 0.508 e. The molecule has 1 aromatic carbocycles. The lowest BCUT2D eigenvalue weighted by Crippen LogP contribution is -2.27. The molecule has 0 unspecified atom stereocenters. The van der Waals surface area contributed by atoms with E-state index in [9.17, 15) is 9.90 Å². The number of hydrogen-bond donors (Lipinski definition) is 1. The number of phenols is 1. The van der Waals surface area contributed by atoms with Crippen LogP contribution < -0.4 is 5.56 Å². The van der Waals surface area contributed by atoms with E-state index >= 15 is 0 Å². The van der Waals surface area contributed by atoms with Crippen molar-refractivity contribution in [3.8, 4) is 5.75 Å². The minimum atomic E-state index is -0.123. The maximum Gasteiger partial charge on any atom is 0.275 e. The predicted molar refractivity (Wildman–Crippen MR) is 92.7 cm³/mol. The predicted octanol–water partition coefficient (Wildman–Crippen LogP) is 1.77. The topological polar surface area (TPSA) is 70.7 Å². The van der Waals surface area contributed by atoms with Crippen LogP contribution in [0.5, 0.6) is 5.75 Å². The van der Waals surface area contributed by atoms with Gasteiger partial charge in [-0.2, -0.15) is 9.61 Å². The van der Waals surface area contributed by atoms with Crippen LogP contribution in [-0.4, -0.2) is 37.7 Å². The second-order valence-electron chi connectivity index (χ2n) is 6.13. The number of fused-ring (bicyclic) bond motifs is 2. The first kappa shape index (κ1) is 15.3. The Kier molecular flexibility index (Phi) is 3.82. The molecule has 7 heteroatoms. The first-order valence-corrected chi connectivity index (χ1v) is 8.80. The van der Waals surface area contributed by atoms with E-state index in [0.717, 1.165) is 36.6 Å². The maximum atomic E-state index is 12.2. The van der Waals surface area contributed by atoms with Gasteiger partial charge in [0.2, 0.25) is 4.96 Å². The third-order valence-electron chi connectivity index (χ3n) is 4.37. The van der Waals surface area contributed by atoms with Crippen LogP contribution >= 0.6 is 11.3 Å². The Labute approximate surface area is 143 Å². The zero-order chi connectivity index (χ0) is 16.7. The molecule has 0 fully saturated rings. The fourth-order valence-corrected chi connectivity index (χ4v) is 3.94. The van der Waals surface area contributed by atoms with E-state index in [-0.39, 0.29) is 5.56 Å². The summed E-state index contributed by atoms with van der Waals surface area (Å²) in [6, 6.07) is 7.19. The summed E-state index contributed by atoms with van der Waals surface area (Å²) in [6.45, 7) is 4.34. The lowest BCUT2D eigenvalue weighted by atomic mass is 10.0. The molecule has 0 radical (unpaired) electrons. The van der Waals surface area contributed by atoms with Gasteiger partial charge in [0, 0.05) is 25.7 Å². The van der Waals surface area contributed by atoms with Gasteiger partial charge in [0.1, 0.15) is 10.8 Å². The zero-order valence-electron chi connectivity index (χ0n) is 13.4. The van der Waals surface area contributed by atoms with Gasteiger partial charge in [-0.05, 0) is 43.0 Å². The number of aromatic hydroxyl groups is 1. The van der Waals surface area contributed by atoms with Crippen molar-refractivity contribution in [1.82, 2.24) is 19.5 Å². The summed E-state index contributed by atoms with van der Waals surface area (Å²) >= 11 is 1.43. The molecule has 0 amide bonds. The first-order valence-electron chi connectivity index (χ1n) is 7.98. The van der Waals surface area contributed by atoms with Gasteiger partial charge in [-0.1, -0.05) is 17.4 Å². The van der Waals surface area contributed by atoms with Crippen LogP contribution in [0.2, 0.25) is 0 Å². The Morgan fingerprint density at radius 2 is 2.00 bits per heavy atom. The SMILES string of the molecule is Cc1nn2c(=O)cc(CN3CCc4ccc(O)cc4CC3)nc2s1. The van der Waals surface area contributed by atoms with Gasteiger partial charge < -0.3 is 5.11 Å². The molecule has 6 nitrogen and oxygen atoms in total. The molecule has 0 aliphatic carbocycles. The van der Waals surface area contributed by atoms with Gasteiger partial charge in [0.05, 0.1) is 5.69 Å². The number of hydrogen-bond acceptors (Lipinski definition) is 6. The Hall–Kier alpha value is -2.25. The monoisotopic (exact) mass is 342 g/mol. The second-order valence-corrected chi connectivity index (χ2v) is 7.29. The maximum absolute atomic E-state index is 12.2. The van der Waals surface area contributed by atoms with Crippen molar-refractivity contribution in [3.05, 3.63) is 56.4 Å². The summed E-state index contributed by atoms with van der Waals surface area (Å²) < 4.78 is 1.37. The van der Waals surface area contributed by atoms with Gasteiger partial charge in [-0.25, -0.2) is 4.98 Å². The van der Waals surface area contributed by atoms with Gasteiger partial charge in [-0.3, -0.25) is 9.69 Å². The van der Waals surface area contributed by atoms with Crippen LogP contribution in [0, 0.1) is 6.92 Å². The Balaban J connectivity index is 1.55. The van der Waals surface area contributed by atoms with Crippen molar-refractivity contribution in [3.63, 3.8) is 0 Å². The normalized spacial score (nSPS) is 15.4. The van der Waals surface area contributed by atoms with Gasteiger partial charge in [0.25, 0.3) is 5.56 Å². The van der Waals surface area contributed by atoms with Crippen molar-refractivity contribution in [1.29, 1.82) is 0 Å². The molecule has 124 valence electrons. The minimum absolute atomic E-state index is 0.123. The quantitative estimate of drug-likeness (QED) is 0.768. The lowest BCUT2D eigenvalue weighted by molar-refractivity contribution is 0.276. The third kappa shape index (κ3) is 2.92. The molecule has 1 N–H and O–H groups in total. The van der Waals surface area contributed by atoms with E-state index in [4.69, 9.17) is 0 Å². The van der Waals surface area contributed by atoms with Crippen molar-refractivity contribution in [2.75, 3.05) is 13.1 Å². The number of nitrogens with zero attached hydrogens (tertiary/aromatic N) is 4. The number of phenolic OH excluding ortho intramolecular Hbond substituents is 1. The van der Waals surface area contributed by atoms with E-state index < -0.39 is 0 Å². The highest BCUT2D eigenvalue weighted by Gasteiger charge is 2.16. The standard InChI is InChI=1S/C17H18N4O2S/c1-11-19-21-16(23)9-14(18-17(21)24-11)10-20-6-4-12-2-3-15(22)8-13(12)5-7-20/h2-3,8-9,22H,4-7,10H2,1H3. The molecule has 0 saturated carbocycles. The fraction of sp³-hybridized carbons (Fsp3) is 0.353. The number of aryl methyl sites for hydroxylation is 1. The summed E-state index contributed by atoms with van der Waals surface area (Å²) in [4.78, 5) is 19.7. The average molecular weight is 342 g/mol. The van der Waals surface area contributed by atoms with Crippen LogP contribution in [0.25, 0.3) is 4.96 Å². The van der Waals surface area contributed by atoms with E-state index in [2.05, 4.69) is 15.0 Å². The minimum Gasteiger partial charge on any atom is -0.508 e. The molecule has 4 rings (SSSR count). The van der Waals surface area contributed by atoms with E-state index in [1.165, 1.54) is 27.0 Å². The van der Waals surface area contributed by atoms with Crippen molar-refractivity contribution in [2.24, 2.45) is 0 Å². The smallest absolute Gasteiger partial charge is 0.275 e. The summed E-state index contributed by atoms with van der Waals surface area (Å²) in [5.41, 5.74) is 3.16. The van der Waals surface area contributed by atoms with E-state index in [0.29, 0.717) is 17.3 Å². The highest BCUT2D eigenvalue weighted by molar-refractivity contribution is 7.16. The van der Waals surface area contributed by atoms with Crippen LogP contribution in [0.15, 0.2) is 29.1 Å². The molecule has 24 heavy (non-hydrogen) atoms. The summed E-state index contributed by atoms with van der Waals surface area (Å²) in [7, 11) is 0. The summed E-state index contributed by atoms with van der Waals surface area (Å²) in [6.07, 6.45) is 1.83. The van der Waals surface area contributed by atoms with Gasteiger partial charge in [0.15, 0.2) is 0 Å². The molecule has 2 aromatic heterocycles. The molecule has 3 aromatic rings. The van der Waals surface area contributed by atoms with Gasteiger partial charge in [-0.15, -0.1) is 0 Å². The van der Waals surface area contributed by atoms with Gasteiger partial charge >= 0.3 is 0 Å². The van der Waals surface area contributed by atoms with Crippen LogP contribution in [0.4, 0.5) is 0 Å². The molecule has 0 spiro atoms. The van der Waals surface area contributed by atoms with E-state index in [1.54, 1.807) is 12.1 Å². The fourth-order valence-electron chi connectivity index (χ4n) is 3.18. The molecule has 0 saturated heterocycles. The molecule has 3 heterocycles. The first-order chi connectivity index (χ1) is 11.6. The molecular formula is C17H18N4O2S. The summed E-state index contributed by atoms with van der Waals surface area (Å²) in [5.74, 6) is 0.322. The van der Waals surface area contributed by atoms with Crippen LogP contribution in [0.1, 0.15) is 21.8 Å². The molecular weight excluding hydrogens is 324 g/mol. The Morgan fingerprint density at radius 3 is 2.83 bits per heavy atom. The van der Waals surface area contributed by atoms with Crippen LogP contribution in [-0.2, 0) is 19.4 Å². The average Bonchev–Trinajstić information content (AvgIpc) is 2.80. The highest BCUT2D eigenvalue weighted by Crippen LogP contribution is 2.21. The third-order valence-corrected chi connectivity index (χ3v) is 5.19. The number of benzene rings is 1. The molecule has 1 aliphatic rings.